The van der Waals surface area contributed by atoms with Crippen LogP contribution in [0.25, 0.3) is 11.1 Å². The zero-order valence-corrected chi connectivity index (χ0v) is 16.9. The van der Waals surface area contributed by atoms with Gasteiger partial charge >= 0.3 is 6.61 Å². The van der Waals surface area contributed by atoms with Crippen molar-refractivity contribution in [3.8, 4) is 16.9 Å². The van der Waals surface area contributed by atoms with Crippen molar-refractivity contribution in [2.45, 2.75) is 71.3 Å². The van der Waals surface area contributed by atoms with E-state index in [0.29, 0.717) is 0 Å². The van der Waals surface area contributed by atoms with Gasteiger partial charge in [-0.05, 0) is 53.5 Å². The van der Waals surface area contributed by atoms with Crippen LogP contribution in [0.15, 0.2) is 48.5 Å². The first-order valence-electron chi connectivity index (χ1n) is 10.8. The molecular formula is C25H32F2O. The second-order valence-electron chi connectivity index (χ2n) is 8.17. The lowest BCUT2D eigenvalue weighted by Crippen LogP contribution is -2.15. The lowest BCUT2D eigenvalue weighted by atomic mass is 9.78. The number of hydrogen-bond donors (Lipinski definition) is 0. The Morgan fingerprint density at radius 3 is 1.89 bits per heavy atom. The summed E-state index contributed by atoms with van der Waals surface area (Å²) in [6.07, 6.45) is 12.2. The summed E-state index contributed by atoms with van der Waals surface area (Å²) in [5.74, 6) is 2.06. The van der Waals surface area contributed by atoms with Gasteiger partial charge in [-0.25, -0.2) is 0 Å². The third-order valence-electron chi connectivity index (χ3n) is 6.14. The van der Waals surface area contributed by atoms with Crippen molar-refractivity contribution in [1.29, 1.82) is 0 Å². The first-order chi connectivity index (χ1) is 13.6. The van der Waals surface area contributed by atoms with Crippen molar-refractivity contribution in [2.75, 3.05) is 0 Å². The summed E-state index contributed by atoms with van der Waals surface area (Å²) in [5, 5.41) is 0. The van der Waals surface area contributed by atoms with Crippen LogP contribution in [0.4, 0.5) is 8.78 Å². The van der Waals surface area contributed by atoms with Crippen LogP contribution < -0.4 is 4.74 Å². The van der Waals surface area contributed by atoms with Gasteiger partial charge in [0.2, 0.25) is 0 Å². The zero-order chi connectivity index (χ0) is 19.8. The lowest BCUT2D eigenvalue weighted by molar-refractivity contribution is -0.0498. The van der Waals surface area contributed by atoms with E-state index in [9.17, 15) is 8.78 Å². The van der Waals surface area contributed by atoms with Crippen LogP contribution in [0, 0.1) is 11.8 Å². The smallest absolute Gasteiger partial charge is 0.387 e. The predicted octanol–water partition coefficient (Wildman–Crippen LogP) is 7.88. The van der Waals surface area contributed by atoms with E-state index in [0.717, 1.165) is 29.4 Å². The van der Waals surface area contributed by atoms with Crippen molar-refractivity contribution in [3.63, 3.8) is 0 Å². The summed E-state index contributed by atoms with van der Waals surface area (Å²) in [4.78, 5) is 0. The number of alkyl halides is 2. The Morgan fingerprint density at radius 1 is 0.821 bits per heavy atom. The average Bonchev–Trinajstić information content (AvgIpc) is 2.72. The molecule has 0 radical (unpaired) electrons. The maximum Gasteiger partial charge on any atom is 0.387 e. The molecule has 3 heteroatoms. The molecule has 0 bridgehead atoms. The number of hydrogen-bond acceptors (Lipinski definition) is 1. The highest BCUT2D eigenvalue weighted by Gasteiger charge is 2.20. The van der Waals surface area contributed by atoms with Crippen molar-refractivity contribution >= 4 is 0 Å². The van der Waals surface area contributed by atoms with E-state index in [2.05, 4.69) is 35.9 Å². The van der Waals surface area contributed by atoms with Crippen molar-refractivity contribution in [3.05, 3.63) is 54.1 Å². The molecule has 0 atom stereocenters. The molecule has 0 spiro atoms. The molecule has 0 saturated heterocycles. The van der Waals surface area contributed by atoms with E-state index < -0.39 is 6.61 Å². The number of benzene rings is 2. The highest BCUT2D eigenvalue weighted by molar-refractivity contribution is 5.64. The van der Waals surface area contributed by atoms with Crippen LogP contribution >= 0.6 is 0 Å². The van der Waals surface area contributed by atoms with Crippen LogP contribution in [0.5, 0.6) is 5.75 Å². The molecule has 0 heterocycles. The fraction of sp³-hybridized carbons (Fsp3) is 0.520. The Morgan fingerprint density at radius 2 is 1.36 bits per heavy atom. The monoisotopic (exact) mass is 386 g/mol. The summed E-state index contributed by atoms with van der Waals surface area (Å²) in [7, 11) is 0. The molecule has 152 valence electrons. The molecule has 0 unspecified atom stereocenters. The van der Waals surface area contributed by atoms with Gasteiger partial charge in [-0.1, -0.05) is 88.3 Å². The molecule has 3 rings (SSSR count). The van der Waals surface area contributed by atoms with Gasteiger partial charge in [0.1, 0.15) is 5.75 Å². The Bertz CT molecular complexity index is 685. The molecule has 1 saturated carbocycles. The highest BCUT2D eigenvalue weighted by atomic mass is 19.3. The van der Waals surface area contributed by atoms with Gasteiger partial charge in [-0.15, -0.1) is 0 Å². The largest absolute Gasteiger partial charge is 0.435 e. The Labute approximate surface area is 168 Å². The van der Waals surface area contributed by atoms with E-state index in [1.165, 1.54) is 56.9 Å². The molecule has 1 nitrogen and oxygen atoms in total. The second kappa shape index (κ2) is 10.6. The Balaban J connectivity index is 1.46. The minimum Gasteiger partial charge on any atom is -0.435 e. The highest BCUT2D eigenvalue weighted by Crippen LogP contribution is 2.34. The van der Waals surface area contributed by atoms with Crippen LogP contribution in [0.1, 0.15) is 63.9 Å². The summed E-state index contributed by atoms with van der Waals surface area (Å²) in [6, 6.07) is 15.5. The normalized spacial score (nSPS) is 19.7. The van der Waals surface area contributed by atoms with Gasteiger partial charge in [0.15, 0.2) is 0 Å². The quantitative estimate of drug-likeness (QED) is 0.426. The Kier molecular flexibility index (Phi) is 7.88. The molecule has 2 aromatic rings. The minimum atomic E-state index is -2.78. The summed E-state index contributed by atoms with van der Waals surface area (Å²) < 4.78 is 28.9. The van der Waals surface area contributed by atoms with Gasteiger partial charge in [0, 0.05) is 0 Å². The second-order valence-corrected chi connectivity index (χ2v) is 8.17. The van der Waals surface area contributed by atoms with Crippen molar-refractivity contribution in [2.24, 2.45) is 11.8 Å². The van der Waals surface area contributed by atoms with Gasteiger partial charge in [0.05, 0.1) is 0 Å². The Hall–Kier alpha value is -1.90. The molecule has 0 aromatic heterocycles. The maximum atomic E-state index is 12.2. The predicted molar refractivity (Wildman–Crippen MR) is 112 cm³/mol. The van der Waals surface area contributed by atoms with Crippen LogP contribution in [0.2, 0.25) is 0 Å². The SMILES string of the molecule is CCCCC1CCC(CCc2ccc(-c3ccc(OC(F)F)cc3)cc2)CC1. The molecule has 0 aliphatic heterocycles. The van der Waals surface area contributed by atoms with Gasteiger partial charge in [-0.3, -0.25) is 0 Å². The molecule has 0 N–H and O–H groups in total. The molecule has 28 heavy (non-hydrogen) atoms. The van der Waals surface area contributed by atoms with Crippen LogP contribution in [-0.2, 0) is 6.42 Å². The third-order valence-corrected chi connectivity index (χ3v) is 6.14. The summed E-state index contributed by atoms with van der Waals surface area (Å²) >= 11 is 0. The molecular weight excluding hydrogens is 354 g/mol. The van der Waals surface area contributed by atoms with E-state index in [4.69, 9.17) is 0 Å². The van der Waals surface area contributed by atoms with Gasteiger partial charge in [-0.2, -0.15) is 8.78 Å². The standard InChI is InChI=1S/C25H32F2O/c1-2-3-4-19-5-7-20(8-6-19)9-10-21-11-13-22(14-12-21)23-15-17-24(18-16-23)28-25(26)27/h11-20,25H,2-10H2,1H3. The average molecular weight is 387 g/mol. The summed E-state index contributed by atoms with van der Waals surface area (Å²) in [5.41, 5.74) is 3.50. The minimum absolute atomic E-state index is 0.194. The third kappa shape index (κ3) is 6.32. The first-order valence-corrected chi connectivity index (χ1v) is 10.8. The fourth-order valence-corrected chi connectivity index (χ4v) is 4.37. The molecule has 1 fully saturated rings. The van der Waals surface area contributed by atoms with Crippen molar-refractivity contribution < 1.29 is 13.5 Å². The van der Waals surface area contributed by atoms with Crippen LogP contribution in [-0.4, -0.2) is 6.61 Å². The van der Waals surface area contributed by atoms with Gasteiger partial charge in [0.25, 0.3) is 0 Å². The van der Waals surface area contributed by atoms with E-state index in [-0.39, 0.29) is 5.75 Å². The summed E-state index contributed by atoms with van der Waals surface area (Å²) in [6.45, 7) is -0.495. The van der Waals surface area contributed by atoms with E-state index in [1.54, 1.807) is 12.1 Å². The van der Waals surface area contributed by atoms with Crippen LogP contribution in [0.3, 0.4) is 0 Å². The number of unbranched alkanes of at least 4 members (excludes halogenated alkanes) is 1. The molecule has 1 aliphatic carbocycles. The van der Waals surface area contributed by atoms with E-state index >= 15 is 0 Å². The fourth-order valence-electron chi connectivity index (χ4n) is 4.37. The molecule has 0 amide bonds. The number of aryl methyl sites for hydroxylation is 1. The maximum absolute atomic E-state index is 12.2. The topological polar surface area (TPSA) is 9.23 Å². The van der Waals surface area contributed by atoms with E-state index in [1.807, 2.05) is 12.1 Å². The lowest BCUT2D eigenvalue weighted by Gasteiger charge is -2.28. The van der Waals surface area contributed by atoms with Gasteiger partial charge < -0.3 is 4.74 Å². The first kappa shape index (κ1) is 20.8. The number of rotatable bonds is 9. The molecule has 1 aliphatic rings. The number of ether oxygens (including phenoxy) is 1. The van der Waals surface area contributed by atoms with Crippen molar-refractivity contribution in [1.82, 2.24) is 0 Å². The zero-order valence-electron chi connectivity index (χ0n) is 16.9. The number of halogens is 2. The molecule has 2 aromatic carbocycles.